The van der Waals surface area contributed by atoms with Crippen LogP contribution in [0.2, 0.25) is 0 Å². The average molecular weight is 680 g/mol. The summed E-state index contributed by atoms with van der Waals surface area (Å²) in [6, 6.07) is 12.9. The van der Waals surface area contributed by atoms with Gasteiger partial charge in [-0.1, -0.05) is 0 Å². The summed E-state index contributed by atoms with van der Waals surface area (Å²) in [4.78, 5) is 20.7. The van der Waals surface area contributed by atoms with E-state index in [1.807, 2.05) is 52.0 Å². The molecule has 254 valence electrons. The maximum absolute atomic E-state index is 16.1. The van der Waals surface area contributed by atoms with Gasteiger partial charge in [-0.2, -0.15) is 17.8 Å². The molecule has 2 aliphatic rings. The Hall–Kier alpha value is -4.56. The summed E-state index contributed by atoms with van der Waals surface area (Å²) < 4.78 is 67.6. The van der Waals surface area contributed by atoms with Crippen LogP contribution >= 0.6 is 0 Å². The number of halogens is 2. The molecule has 2 aliphatic heterocycles. The molecule has 1 atom stereocenters. The van der Waals surface area contributed by atoms with Crippen LogP contribution in [0.3, 0.4) is 0 Å². The van der Waals surface area contributed by atoms with E-state index in [9.17, 15) is 13.2 Å². The summed E-state index contributed by atoms with van der Waals surface area (Å²) in [6.07, 6.45) is 5.84. The van der Waals surface area contributed by atoms with Crippen LogP contribution in [0.1, 0.15) is 40.5 Å². The van der Waals surface area contributed by atoms with Crippen molar-refractivity contribution >= 4 is 27.7 Å². The fourth-order valence-electron chi connectivity index (χ4n) is 6.02. The van der Waals surface area contributed by atoms with Crippen LogP contribution in [0.4, 0.5) is 25.0 Å². The Morgan fingerprint density at radius 2 is 1.60 bits per heavy atom. The molecule has 0 aliphatic carbocycles. The largest absolute Gasteiger partial charge is 0.444 e. The van der Waals surface area contributed by atoms with E-state index >= 15 is 8.78 Å². The minimum atomic E-state index is -4.07. The van der Waals surface area contributed by atoms with Crippen molar-refractivity contribution in [3.8, 4) is 28.1 Å². The van der Waals surface area contributed by atoms with Gasteiger partial charge in [0.05, 0.1) is 11.4 Å². The van der Waals surface area contributed by atoms with E-state index in [2.05, 4.69) is 14.6 Å². The predicted molar refractivity (Wildman–Crippen MR) is 180 cm³/mol. The summed E-state index contributed by atoms with van der Waals surface area (Å²) in [7, 11) is -4.07. The molecule has 0 unspecified atom stereocenters. The average Bonchev–Trinajstić information content (AvgIpc) is 3.74. The zero-order valence-corrected chi connectivity index (χ0v) is 28.2. The number of hydrogen-bond donors (Lipinski definition) is 1. The summed E-state index contributed by atoms with van der Waals surface area (Å²) in [5, 5.41) is 4.76. The van der Waals surface area contributed by atoms with Crippen molar-refractivity contribution in [3.05, 3.63) is 78.8 Å². The molecule has 1 N–H and O–H groups in total. The topological polar surface area (TPSA) is 113 Å². The second-order valence-electron chi connectivity index (χ2n) is 13.1. The molecule has 0 bridgehead atoms. The zero-order valence-electron chi connectivity index (χ0n) is 27.4. The minimum absolute atomic E-state index is 0.0595. The Morgan fingerprint density at radius 3 is 2.25 bits per heavy atom. The second kappa shape index (κ2) is 13.2. The molecule has 4 heterocycles. The first kappa shape index (κ1) is 33.3. The van der Waals surface area contributed by atoms with Crippen molar-refractivity contribution in [1.82, 2.24) is 24.0 Å². The molecule has 11 nitrogen and oxygen atoms in total. The number of anilines is 2. The number of piperazine rings is 1. The highest BCUT2D eigenvalue weighted by atomic mass is 32.2. The van der Waals surface area contributed by atoms with Crippen LogP contribution in [0.5, 0.6) is 0 Å². The maximum atomic E-state index is 16.1. The molecule has 1 amide bonds. The molecule has 2 aromatic carbocycles. The van der Waals surface area contributed by atoms with Crippen LogP contribution in [0.15, 0.2) is 67.1 Å². The molecule has 6 rings (SSSR count). The molecule has 48 heavy (non-hydrogen) atoms. The third kappa shape index (κ3) is 7.14. The number of amides is 1. The molecule has 2 aromatic heterocycles. The van der Waals surface area contributed by atoms with Crippen LogP contribution < -0.4 is 9.62 Å². The summed E-state index contributed by atoms with van der Waals surface area (Å²) in [6.45, 7) is 9.95. The number of aromatic nitrogens is 3. The second-order valence-corrected chi connectivity index (χ2v) is 14.8. The Bertz CT molecular complexity index is 1890. The maximum Gasteiger partial charge on any atom is 0.410 e. The highest BCUT2D eigenvalue weighted by molar-refractivity contribution is 7.90. The van der Waals surface area contributed by atoms with Crippen molar-refractivity contribution in [2.24, 2.45) is 0 Å². The van der Waals surface area contributed by atoms with Gasteiger partial charge in [-0.15, -0.1) is 0 Å². The van der Waals surface area contributed by atoms with Crippen LogP contribution in [-0.2, 0) is 14.9 Å². The molecular formula is C34H39F2N7O4S. The Morgan fingerprint density at radius 1 is 0.938 bits per heavy atom. The monoisotopic (exact) mass is 679 g/mol. The van der Waals surface area contributed by atoms with Crippen molar-refractivity contribution in [2.75, 3.05) is 42.3 Å². The Labute approximate surface area is 279 Å². The van der Waals surface area contributed by atoms with Crippen molar-refractivity contribution in [1.29, 1.82) is 0 Å². The lowest BCUT2D eigenvalue weighted by atomic mass is 10.0. The third-order valence-electron chi connectivity index (χ3n) is 8.37. The Kier molecular flexibility index (Phi) is 9.14. The van der Waals surface area contributed by atoms with Gasteiger partial charge < -0.3 is 14.5 Å². The molecule has 0 saturated carbocycles. The number of carbonyl (C=O) groups excluding carboxylic acids is 1. The van der Waals surface area contributed by atoms with Crippen LogP contribution in [0.25, 0.3) is 28.1 Å². The quantitative estimate of drug-likeness (QED) is 0.252. The highest BCUT2D eigenvalue weighted by Crippen LogP contribution is 2.37. The fraction of sp³-hybridized carbons (Fsp3) is 0.382. The van der Waals surface area contributed by atoms with Crippen LogP contribution in [0, 0.1) is 11.6 Å². The summed E-state index contributed by atoms with van der Waals surface area (Å²) in [5.41, 5.74) is 1.71. The van der Waals surface area contributed by atoms with E-state index in [0.29, 0.717) is 62.5 Å². The van der Waals surface area contributed by atoms with E-state index in [4.69, 9.17) is 9.84 Å². The SMILES string of the molecule is C[C@@H]1CN(c2ccc(-n3cc(-c4cc(F)cc(NS(=O)(=O)N5CCCC5)c4F)c(-c4ccncc4)n3)cc2)CCN1C(=O)OC(C)(C)C. The van der Waals surface area contributed by atoms with Gasteiger partial charge in [0.1, 0.15) is 17.1 Å². The molecular weight excluding hydrogens is 640 g/mol. The number of nitrogens with one attached hydrogen (secondary N) is 1. The van der Waals surface area contributed by atoms with E-state index in [-0.39, 0.29) is 23.3 Å². The molecule has 2 fully saturated rings. The van der Waals surface area contributed by atoms with Gasteiger partial charge in [-0.3, -0.25) is 9.71 Å². The van der Waals surface area contributed by atoms with E-state index in [0.717, 1.165) is 17.8 Å². The van der Waals surface area contributed by atoms with E-state index in [1.165, 1.54) is 4.31 Å². The third-order valence-corrected chi connectivity index (χ3v) is 9.90. The van der Waals surface area contributed by atoms with Gasteiger partial charge in [0.2, 0.25) is 0 Å². The van der Waals surface area contributed by atoms with Gasteiger partial charge in [0.15, 0.2) is 5.82 Å². The Balaban J connectivity index is 1.29. The van der Waals surface area contributed by atoms with Crippen molar-refractivity contribution in [3.63, 3.8) is 0 Å². The number of carbonyl (C=O) groups is 1. The van der Waals surface area contributed by atoms with Gasteiger partial charge in [-0.25, -0.2) is 18.3 Å². The van der Waals surface area contributed by atoms with Gasteiger partial charge in [0, 0.05) is 85.8 Å². The zero-order chi connectivity index (χ0) is 34.2. The first-order chi connectivity index (χ1) is 22.8. The molecule has 0 spiro atoms. The number of nitrogens with zero attached hydrogens (tertiary/aromatic N) is 6. The predicted octanol–water partition coefficient (Wildman–Crippen LogP) is 6.08. The standard InChI is InChI=1S/C34H39F2N7O4S/c1-23-21-40(17-18-42(23)33(44)47-34(2,3)4)26-7-9-27(10-8-26)43-22-29(32(38-43)24-11-13-37-14-12-24)28-19-25(35)20-30(31(28)36)39-48(45,46)41-15-5-6-16-41/h7-14,19-20,22-23,39H,5-6,15-18,21H2,1-4H3/t23-/m1/s1. The van der Waals surface area contributed by atoms with Crippen molar-refractivity contribution in [2.45, 2.75) is 52.2 Å². The minimum Gasteiger partial charge on any atom is -0.444 e. The normalized spacial score (nSPS) is 17.5. The van der Waals surface area contributed by atoms with Crippen LogP contribution in [-0.4, -0.2) is 82.8 Å². The lowest BCUT2D eigenvalue weighted by Gasteiger charge is -2.41. The van der Waals surface area contributed by atoms with Gasteiger partial charge >= 0.3 is 16.3 Å². The fourth-order valence-corrected chi connectivity index (χ4v) is 7.31. The molecule has 14 heteroatoms. The molecule has 0 radical (unpaired) electrons. The molecule has 4 aromatic rings. The number of rotatable bonds is 7. The first-order valence-electron chi connectivity index (χ1n) is 15.9. The lowest BCUT2D eigenvalue weighted by molar-refractivity contribution is 0.0159. The van der Waals surface area contributed by atoms with Gasteiger partial charge in [0.25, 0.3) is 0 Å². The number of benzene rings is 2. The number of ether oxygens (including phenoxy) is 1. The summed E-state index contributed by atoms with van der Waals surface area (Å²) in [5.74, 6) is -1.71. The van der Waals surface area contributed by atoms with E-state index in [1.54, 1.807) is 40.3 Å². The smallest absolute Gasteiger partial charge is 0.410 e. The van der Waals surface area contributed by atoms with Crippen molar-refractivity contribution < 1.29 is 26.7 Å². The van der Waals surface area contributed by atoms with Gasteiger partial charge in [-0.05, 0) is 83.0 Å². The molecule has 2 saturated heterocycles. The first-order valence-corrected chi connectivity index (χ1v) is 17.4. The lowest BCUT2D eigenvalue weighted by Crippen LogP contribution is -2.55. The highest BCUT2D eigenvalue weighted by Gasteiger charge is 2.31. The number of hydrogen-bond acceptors (Lipinski definition) is 7. The summed E-state index contributed by atoms with van der Waals surface area (Å²) >= 11 is 0. The van der Waals surface area contributed by atoms with E-state index < -0.39 is 33.1 Å². The number of pyridine rings is 1.